The summed E-state index contributed by atoms with van der Waals surface area (Å²) in [4.78, 5) is 0. The second-order valence-electron chi connectivity index (χ2n) is 4.18. The summed E-state index contributed by atoms with van der Waals surface area (Å²) < 4.78 is 0. The summed E-state index contributed by atoms with van der Waals surface area (Å²) in [6.07, 6.45) is 6.20. The molecule has 0 aromatic heterocycles. The van der Waals surface area contributed by atoms with E-state index in [0.717, 1.165) is 32.1 Å². The molecule has 0 radical (unpaired) electrons. The molecule has 0 aromatic carbocycles. The van der Waals surface area contributed by atoms with E-state index >= 15 is 0 Å². The Hall–Kier alpha value is -0.0800. The highest BCUT2D eigenvalue weighted by molar-refractivity contribution is 5.07. The summed E-state index contributed by atoms with van der Waals surface area (Å²) in [6.45, 7) is 0.184. The molecule has 2 fully saturated rings. The van der Waals surface area contributed by atoms with Crippen molar-refractivity contribution in [3.63, 3.8) is 0 Å². The SMILES string of the molecule is OCC1(C2(O)CCC2)CCC1. The molecule has 2 nitrogen and oxygen atoms in total. The van der Waals surface area contributed by atoms with E-state index < -0.39 is 5.60 Å². The van der Waals surface area contributed by atoms with Gasteiger partial charge in [0.15, 0.2) is 0 Å². The maximum absolute atomic E-state index is 10.0. The average molecular weight is 156 g/mol. The van der Waals surface area contributed by atoms with Gasteiger partial charge in [-0.25, -0.2) is 0 Å². The summed E-state index contributed by atoms with van der Waals surface area (Å²) in [5, 5.41) is 19.2. The molecule has 2 saturated carbocycles. The predicted molar refractivity (Wildman–Crippen MR) is 42.2 cm³/mol. The fraction of sp³-hybridized carbons (Fsp3) is 1.00. The molecule has 0 aromatic rings. The molecule has 2 rings (SSSR count). The summed E-state index contributed by atoms with van der Waals surface area (Å²) in [5.41, 5.74) is -0.578. The Kier molecular flexibility index (Phi) is 1.52. The second-order valence-corrected chi connectivity index (χ2v) is 4.18. The van der Waals surface area contributed by atoms with Crippen molar-refractivity contribution in [2.24, 2.45) is 5.41 Å². The van der Waals surface area contributed by atoms with E-state index in [0.29, 0.717) is 0 Å². The molecule has 0 amide bonds. The maximum atomic E-state index is 10.0. The molecular weight excluding hydrogens is 140 g/mol. The lowest BCUT2D eigenvalue weighted by molar-refractivity contribution is -0.191. The van der Waals surface area contributed by atoms with Gasteiger partial charge in [0.05, 0.1) is 12.2 Å². The van der Waals surface area contributed by atoms with Gasteiger partial charge in [0.25, 0.3) is 0 Å². The van der Waals surface area contributed by atoms with Crippen LogP contribution >= 0.6 is 0 Å². The zero-order chi connectivity index (χ0) is 7.95. The number of aliphatic hydroxyl groups is 2. The van der Waals surface area contributed by atoms with E-state index in [9.17, 15) is 10.2 Å². The van der Waals surface area contributed by atoms with Gasteiger partial charge in [0.2, 0.25) is 0 Å². The highest BCUT2D eigenvalue weighted by Crippen LogP contribution is 2.56. The molecule has 2 aliphatic carbocycles. The van der Waals surface area contributed by atoms with Crippen molar-refractivity contribution in [3.05, 3.63) is 0 Å². The molecule has 0 unspecified atom stereocenters. The van der Waals surface area contributed by atoms with Gasteiger partial charge in [0, 0.05) is 5.41 Å². The van der Waals surface area contributed by atoms with Crippen LogP contribution < -0.4 is 0 Å². The summed E-state index contributed by atoms with van der Waals surface area (Å²) in [5.74, 6) is 0. The molecule has 2 heteroatoms. The Morgan fingerprint density at radius 1 is 1.00 bits per heavy atom. The molecule has 0 spiro atoms. The van der Waals surface area contributed by atoms with Crippen LogP contribution in [0.3, 0.4) is 0 Å². The van der Waals surface area contributed by atoms with Crippen molar-refractivity contribution in [2.45, 2.75) is 44.1 Å². The first kappa shape index (κ1) is 7.56. The van der Waals surface area contributed by atoms with Gasteiger partial charge in [-0.1, -0.05) is 6.42 Å². The number of hydrogen-bond acceptors (Lipinski definition) is 2. The molecule has 0 atom stereocenters. The van der Waals surface area contributed by atoms with Crippen LogP contribution in [0.1, 0.15) is 38.5 Å². The predicted octanol–water partition coefficient (Wildman–Crippen LogP) is 1.06. The molecule has 0 aliphatic heterocycles. The van der Waals surface area contributed by atoms with Crippen LogP contribution in [0.2, 0.25) is 0 Å². The van der Waals surface area contributed by atoms with E-state index in [1.807, 2.05) is 0 Å². The van der Waals surface area contributed by atoms with Crippen LogP contribution in [-0.4, -0.2) is 22.4 Å². The van der Waals surface area contributed by atoms with Gasteiger partial charge in [0.1, 0.15) is 0 Å². The summed E-state index contributed by atoms with van der Waals surface area (Å²) in [6, 6.07) is 0. The van der Waals surface area contributed by atoms with Crippen LogP contribution in [0.15, 0.2) is 0 Å². The van der Waals surface area contributed by atoms with Gasteiger partial charge in [-0.2, -0.15) is 0 Å². The van der Waals surface area contributed by atoms with Crippen molar-refractivity contribution in [2.75, 3.05) is 6.61 Å². The van der Waals surface area contributed by atoms with E-state index in [1.165, 1.54) is 6.42 Å². The van der Waals surface area contributed by atoms with Gasteiger partial charge in [-0.05, 0) is 32.1 Å². The normalized spacial score (nSPS) is 32.2. The largest absolute Gasteiger partial charge is 0.396 e. The van der Waals surface area contributed by atoms with Crippen LogP contribution in [0.25, 0.3) is 0 Å². The van der Waals surface area contributed by atoms with Crippen LogP contribution in [-0.2, 0) is 0 Å². The number of hydrogen-bond donors (Lipinski definition) is 2. The standard InChI is InChI=1S/C9H16O2/c10-7-8(3-1-4-8)9(11)5-2-6-9/h10-11H,1-7H2. The van der Waals surface area contributed by atoms with Crippen molar-refractivity contribution in [3.8, 4) is 0 Å². The average Bonchev–Trinajstić information content (AvgIpc) is 1.83. The van der Waals surface area contributed by atoms with Crippen molar-refractivity contribution in [1.82, 2.24) is 0 Å². The minimum Gasteiger partial charge on any atom is -0.396 e. The van der Waals surface area contributed by atoms with Crippen LogP contribution in [0.5, 0.6) is 0 Å². The lowest BCUT2D eigenvalue weighted by atomic mass is 9.52. The van der Waals surface area contributed by atoms with Gasteiger partial charge in [-0.15, -0.1) is 0 Å². The first-order valence-electron chi connectivity index (χ1n) is 4.56. The molecule has 0 bridgehead atoms. The third-order valence-corrected chi connectivity index (χ3v) is 3.78. The Balaban J connectivity index is 2.10. The summed E-state index contributed by atoms with van der Waals surface area (Å²) in [7, 11) is 0. The first-order valence-corrected chi connectivity index (χ1v) is 4.56. The van der Waals surface area contributed by atoms with Gasteiger partial charge in [-0.3, -0.25) is 0 Å². The minimum absolute atomic E-state index is 0.0920. The molecular formula is C9H16O2. The monoisotopic (exact) mass is 156 g/mol. The minimum atomic E-state index is -0.486. The molecule has 64 valence electrons. The molecule has 2 aliphatic rings. The smallest absolute Gasteiger partial charge is 0.0725 e. The molecule has 0 saturated heterocycles. The maximum Gasteiger partial charge on any atom is 0.0725 e. The Labute approximate surface area is 67.2 Å². The third-order valence-electron chi connectivity index (χ3n) is 3.78. The highest BCUT2D eigenvalue weighted by Gasteiger charge is 2.56. The molecule has 2 N–H and O–H groups in total. The summed E-state index contributed by atoms with van der Waals surface area (Å²) >= 11 is 0. The zero-order valence-electron chi connectivity index (χ0n) is 6.84. The fourth-order valence-electron chi connectivity index (χ4n) is 2.42. The second kappa shape index (κ2) is 2.20. The molecule has 11 heavy (non-hydrogen) atoms. The quantitative estimate of drug-likeness (QED) is 0.627. The fourth-order valence-corrected chi connectivity index (χ4v) is 2.42. The lowest BCUT2D eigenvalue weighted by Crippen LogP contribution is -2.58. The zero-order valence-corrected chi connectivity index (χ0v) is 6.84. The Morgan fingerprint density at radius 2 is 1.55 bits per heavy atom. The van der Waals surface area contributed by atoms with E-state index in [1.54, 1.807) is 0 Å². The highest BCUT2D eigenvalue weighted by atomic mass is 16.3. The van der Waals surface area contributed by atoms with Crippen LogP contribution in [0.4, 0.5) is 0 Å². The van der Waals surface area contributed by atoms with Crippen LogP contribution in [0, 0.1) is 5.41 Å². The van der Waals surface area contributed by atoms with E-state index in [2.05, 4.69) is 0 Å². The van der Waals surface area contributed by atoms with Crippen molar-refractivity contribution >= 4 is 0 Å². The molecule has 0 heterocycles. The number of rotatable bonds is 2. The Bertz CT molecular complexity index is 151. The van der Waals surface area contributed by atoms with Crippen molar-refractivity contribution < 1.29 is 10.2 Å². The van der Waals surface area contributed by atoms with Gasteiger partial charge >= 0.3 is 0 Å². The van der Waals surface area contributed by atoms with Crippen molar-refractivity contribution in [1.29, 1.82) is 0 Å². The third kappa shape index (κ3) is 0.798. The first-order chi connectivity index (χ1) is 5.22. The topological polar surface area (TPSA) is 40.5 Å². The van der Waals surface area contributed by atoms with E-state index in [4.69, 9.17) is 0 Å². The Morgan fingerprint density at radius 3 is 1.64 bits per heavy atom. The number of aliphatic hydroxyl groups excluding tert-OH is 1. The lowest BCUT2D eigenvalue weighted by Gasteiger charge is -2.56. The van der Waals surface area contributed by atoms with Gasteiger partial charge < -0.3 is 10.2 Å². The van der Waals surface area contributed by atoms with E-state index in [-0.39, 0.29) is 12.0 Å².